The molecule has 0 spiro atoms. The molecule has 3 nitrogen and oxygen atoms in total. The van der Waals surface area contributed by atoms with E-state index in [0.717, 1.165) is 23.4 Å². The Hall–Kier alpha value is -1.04. The van der Waals surface area contributed by atoms with E-state index in [1.165, 1.54) is 6.07 Å². The van der Waals surface area contributed by atoms with Crippen LogP contribution in [0.5, 0.6) is 0 Å². The molecule has 0 bridgehead atoms. The van der Waals surface area contributed by atoms with Gasteiger partial charge in [0.2, 0.25) is 0 Å². The average molecular weight is 280 g/mol. The first-order valence-corrected chi connectivity index (χ1v) is 7.54. The fourth-order valence-electron chi connectivity index (χ4n) is 2.48. The number of nitrogens with two attached hydrogens (primary N) is 1. The van der Waals surface area contributed by atoms with Gasteiger partial charge in [-0.05, 0) is 19.2 Å². The van der Waals surface area contributed by atoms with Crippen molar-refractivity contribution in [3.05, 3.63) is 35.8 Å². The second-order valence-electron chi connectivity index (χ2n) is 4.96. The summed E-state index contributed by atoms with van der Waals surface area (Å²) >= 11 is 1.90. The minimum absolute atomic E-state index is 0.218. The van der Waals surface area contributed by atoms with Gasteiger partial charge in [-0.2, -0.15) is 11.8 Å². The fourth-order valence-corrected chi connectivity index (χ4v) is 3.77. The van der Waals surface area contributed by atoms with Gasteiger partial charge in [-0.3, -0.25) is 4.90 Å². The molecular formula is C14H17FN2OS. The van der Waals surface area contributed by atoms with E-state index in [2.05, 4.69) is 11.9 Å². The number of thioether (sulfide) groups is 1. The second-order valence-corrected chi connectivity index (χ2v) is 6.11. The maximum absolute atomic E-state index is 13.6. The molecule has 2 N–H and O–H groups in total. The van der Waals surface area contributed by atoms with Crippen LogP contribution in [0.2, 0.25) is 0 Å². The highest BCUT2D eigenvalue weighted by Crippen LogP contribution is 2.30. The summed E-state index contributed by atoms with van der Waals surface area (Å²) in [5.74, 6) is 2.45. The Morgan fingerprint density at radius 1 is 1.53 bits per heavy atom. The molecule has 0 radical (unpaired) electrons. The van der Waals surface area contributed by atoms with Gasteiger partial charge in [0.05, 0.1) is 6.04 Å². The summed E-state index contributed by atoms with van der Waals surface area (Å²) < 4.78 is 19.3. The van der Waals surface area contributed by atoms with Crippen molar-refractivity contribution in [3.63, 3.8) is 0 Å². The van der Waals surface area contributed by atoms with Gasteiger partial charge in [-0.15, -0.1) is 0 Å². The molecule has 0 amide bonds. The molecule has 0 saturated carbocycles. The largest absolute Gasteiger partial charge is 0.456 e. The molecule has 2 atom stereocenters. The quantitative estimate of drug-likeness (QED) is 0.918. The van der Waals surface area contributed by atoms with Crippen molar-refractivity contribution in [2.45, 2.75) is 12.1 Å². The molecule has 1 aliphatic rings. The summed E-state index contributed by atoms with van der Waals surface area (Å²) in [6.45, 7) is 1.03. The van der Waals surface area contributed by atoms with Crippen molar-refractivity contribution in [2.75, 3.05) is 25.1 Å². The average Bonchev–Trinajstić information content (AvgIpc) is 2.84. The monoisotopic (exact) mass is 280 g/mol. The van der Waals surface area contributed by atoms with Gasteiger partial charge >= 0.3 is 0 Å². The normalized spacial score (nSPS) is 22.8. The van der Waals surface area contributed by atoms with Gasteiger partial charge in [0.25, 0.3) is 0 Å². The summed E-state index contributed by atoms with van der Waals surface area (Å²) in [5, 5.41) is 0.775. The Bertz CT molecular complexity index is 586. The first-order valence-electron chi connectivity index (χ1n) is 6.38. The van der Waals surface area contributed by atoms with Crippen LogP contribution in [0.1, 0.15) is 11.8 Å². The Morgan fingerprint density at radius 3 is 3.11 bits per heavy atom. The molecule has 2 heterocycles. The van der Waals surface area contributed by atoms with Crippen molar-refractivity contribution in [2.24, 2.45) is 5.73 Å². The highest BCUT2D eigenvalue weighted by molar-refractivity contribution is 7.99. The van der Waals surface area contributed by atoms with Crippen molar-refractivity contribution < 1.29 is 8.81 Å². The molecule has 1 aliphatic heterocycles. The Kier molecular flexibility index (Phi) is 3.52. The summed E-state index contributed by atoms with van der Waals surface area (Å²) in [7, 11) is 2.08. The number of halogens is 1. The summed E-state index contributed by atoms with van der Waals surface area (Å²) in [4.78, 5) is 2.25. The Morgan fingerprint density at radius 2 is 2.37 bits per heavy atom. The van der Waals surface area contributed by atoms with E-state index >= 15 is 0 Å². The van der Waals surface area contributed by atoms with Crippen LogP contribution in [0.3, 0.4) is 0 Å². The minimum atomic E-state index is -0.331. The first-order chi connectivity index (χ1) is 9.16. The Balaban J connectivity index is 1.92. The molecule has 5 heteroatoms. The predicted octanol–water partition coefficient (Wildman–Crippen LogP) is 2.62. The van der Waals surface area contributed by atoms with Crippen LogP contribution < -0.4 is 5.73 Å². The standard InChI is InChI=1S/C14H17FN2OS/c1-17-5-6-19-8-11(17)13(16)12-7-9-3-2-4-10(15)14(9)18-12/h2-4,7,11,13H,5-6,8,16H2,1H3. The van der Waals surface area contributed by atoms with Crippen LogP contribution in [-0.2, 0) is 0 Å². The zero-order valence-corrected chi connectivity index (χ0v) is 11.6. The fraction of sp³-hybridized carbons (Fsp3) is 0.429. The van der Waals surface area contributed by atoms with E-state index in [1.54, 1.807) is 6.07 Å². The number of para-hydroxylation sites is 1. The van der Waals surface area contributed by atoms with E-state index in [9.17, 15) is 4.39 Å². The highest BCUT2D eigenvalue weighted by Gasteiger charge is 2.29. The molecule has 19 heavy (non-hydrogen) atoms. The van der Waals surface area contributed by atoms with Crippen LogP contribution in [0.4, 0.5) is 4.39 Å². The van der Waals surface area contributed by atoms with E-state index in [4.69, 9.17) is 10.2 Å². The smallest absolute Gasteiger partial charge is 0.169 e. The van der Waals surface area contributed by atoms with E-state index in [0.29, 0.717) is 11.3 Å². The third-order valence-corrected chi connectivity index (χ3v) is 4.75. The van der Waals surface area contributed by atoms with Gasteiger partial charge in [0.15, 0.2) is 11.4 Å². The van der Waals surface area contributed by atoms with Crippen LogP contribution in [-0.4, -0.2) is 36.0 Å². The lowest BCUT2D eigenvalue weighted by Gasteiger charge is -2.35. The van der Waals surface area contributed by atoms with Gasteiger partial charge in [0, 0.05) is 29.5 Å². The van der Waals surface area contributed by atoms with Gasteiger partial charge in [0.1, 0.15) is 5.76 Å². The molecule has 1 aromatic heterocycles. The number of nitrogens with zero attached hydrogens (tertiary/aromatic N) is 1. The van der Waals surface area contributed by atoms with Gasteiger partial charge in [-0.1, -0.05) is 12.1 Å². The summed E-state index contributed by atoms with van der Waals surface area (Å²) in [6.07, 6.45) is 0. The van der Waals surface area contributed by atoms with Crippen LogP contribution in [0.15, 0.2) is 28.7 Å². The van der Waals surface area contributed by atoms with E-state index in [-0.39, 0.29) is 17.9 Å². The molecular weight excluding hydrogens is 263 g/mol. The van der Waals surface area contributed by atoms with Crippen molar-refractivity contribution in [1.82, 2.24) is 4.90 Å². The van der Waals surface area contributed by atoms with Gasteiger partial charge < -0.3 is 10.2 Å². The van der Waals surface area contributed by atoms with Crippen LogP contribution in [0.25, 0.3) is 11.0 Å². The Labute approximate surface area is 115 Å². The highest BCUT2D eigenvalue weighted by atomic mass is 32.2. The van der Waals surface area contributed by atoms with Crippen molar-refractivity contribution in [3.8, 4) is 0 Å². The minimum Gasteiger partial charge on any atom is -0.456 e. The number of likely N-dealkylation sites (N-methyl/N-ethyl adjacent to an activating group) is 1. The number of hydrogen-bond acceptors (Lipinski definition) is 4. The third-order valence-electron chi connectivity index (χ3n) is 3.70. The SMILES string of the molecule is CN1CCSCC1C(N)c1cc2cccc(F)c2o1. The molecule has 1 saturated heterocycles. The van der Waals surface area contributed by atoms with Crippen molar-refractivity contribution >= 4 is 22.7 Å². The molecule has 0 aliphatic carbocycles. The lowest BCUT2D eigenvalue weighted by Crippen LogP contribution is -2.46. The lowest BCUT2D eigenvalue weighted by molar-refractivity contribution is 0.224. The van der Waals surface area contributed by atoms with Crippen LogP contribution >= 0.6 is 11.8 Å². The second kappa shape index (κ2) is 5.15. The molecule has 102 valence electrons. The van der Waals surface area contributed by atoms with Gasteiger partial charge in [-0.25, -0.2) is 4.39 Å². The lowest BCUT2D eigenvalue weighted by atomic mass is 10.1. The molecule has 1 aromatic carbocycles. The molecule has 2 aromatic rings. The third kappa shape index (κ3) is 2.38. The number of rotatable bonds is 2. The molecule has 3 rings (SSSR count). The van der Waals surface area contributed by atoms with E-state index < -0.39 is 0 Å². The summed E-state index contributed by atoms with van der Waals surface area (Å²) in [5.41, 5.74) is 6.61. The topological polar surface area (TPSA) is 42.4 Å². The maximum Gasteiger partial charge on any atom is 0.169 e. The zero-order valence-electron chi connectivity index (χ0n) is 10.8. The molecule has 2 unspecified atom stereocenters. The number of fused-ring (bicyclic) bond motifs is 1. The zero-order chi connectivity index (χ0) is 13.4. The summed E-state index contributed by atoms with van der Waals surface area (Å²) in [6, 6.07) is 6.81. The van der Waals surface area contributed by atoms with E-state index in [1.807, 2.05) is 23.9 Å². The number of furan rings is 1. The first kappa shape index (κ1) is 13.0. The molecule has 1 fully saturated rings. The number of hydrogen-bond donors (Lipinski definition) is 1. The van der Waals surface area contributed by atoms with Crippen LogP contribution in [0, 0.1) is 5.82 Å². The van der Waals surface area contributed by atoms with Crippen molar-refractivity contribution in [1.29, 1.82) is 0 Å². The maximum atomic E-state index is 13.6. The predicted molar refractivity (Wildman–Crippen MR) is 76.8 cm³/mol. The number of benzene rings is 1.